The van der Waals surface area contributed by atoms with E-state index >= 15 is 0 Å². The van der Waals surface area contributed by atoms with Gasteiger partial charge in [-0.05, 0) is 20.8 Å². The summed E-state index contributed by atoms with van der Waals surface area (Å²) in [6, 6.07) is 0.557. The predicted molar refractivity (Wildman–Crippen MR) is 61.9 cm³/mol. The topological polar surface area (TPSA) is 64.1 Å². The molecule has 1 aromatic heterocycles. The summed E-state index contributed by atoms with van der Waals surface area (Å²) in [6.07, 6.45) is -5.65. The molecular formula is C10H11ClF3N3O2. The monoisotopic (exact) mass is 297 g/mol. The number of amides is 1. The first-order valence-corrected chi connectivity index (χ1v) is 5.47. The molecule has 0 bridgehead atoms. The summed E-state index contributed by atoms with van der Waals surface area (Å²) in [5.41, 5.74) is -2.05. The number of ether oxygens (including phenoxy) is 1. The Morgan fingerprint density at radius 1 is 1.32 bits per heavy atom. The van der Waals surface area contributed by atoms with Crippen molar-refractivity contribution in [2.24, 2.45) is 0 Å². The van der Waals surface area contributed by atoms with Crippen LogP contribution in [0.2, 0.25) is 5.15 Å². The highest BCUT2D eigenvalue weighted by Crippen LogP contribution is 2.29. The highest BCUT2D eigenvalue weighted by Gasteiger charge is 2.33. The number of anilines is 1. The van der Waals surface area contributed by atoms with Crippen molar-refractivity contribution in [3.63, 3.8) is 0 Å². The largest absolute Gasteiger partial charge is 0.444 e. The van der Waals surface area contributed by atoms with Gasteiger partial charge in [0.05, 0.1) is 0 Å². The summed E-state index contributed by atoms with van der Waals surface area (Å²) in [5.74, 6) is -0.575. The van der Waals surface area contributed by atoms with Gasteiger partial charge in [0, 0.05) is 6.07 Å². The van der Waals surface area contributed by atoms with Crippen LogP contribution in [-0.2, 0) is 10.9 Å². The Balaban J connectivity index is 2.91. The summed E-state index contributed by atoms with van der Waals surface area (Å²) in [7, 11) is 0. The lowest BCUT2D eigenvalue weighted by Crippen LogP contribution is -2.28. The van der Waals surface area contributed by atoms with Gasteiger partial charge in [0.2, 0.25) is 5.95 Å². The number of rotatable bonds is 1. The summed E-state index contributed by atoms with van der Waals surface area (Å²) >= 11 is 5.43. The van der Waals surface area contributed by atoms with Gasteiger partial charge >= 0.3 is 12.3 Å². The molecule has 0 unspecified atom stereocenters. The SMILES string of the molecule is CC(C)(C)OC(=O)Nc1nc(Cl)cc(C(F)(F)F)n1. The predicted octanol–water partition coefficient (Wildman–Crippen LogP) is 3.50. The molecule has 0 aromatic carbocycles. The van der Waals surface area contributed by atoms with E-state index in [2.05, 4.69) is 9.97 Å². The molecule has 0 saturated heterocycles. The maximum Gasteiger partial charge on any atom is 0.433 e. The summed E-state index contributed by atoms with van der Waals surface area (Å²) in [6.45, 7) is 4.81. The van der Waals surface area contributed by atoms with Gasteiger partial charge in [-0.1, -0.05) is 11.6 Å². The molecule has 0 aliphatic carbocycles. The van der Waals surface area contributed by atoms with E-state index in [0.717, 1.165) is 0 Å². The Hall–Kier alpha value is -1.57. The van der Waals surface area contributed by atoms with E-state index in [1.54, 1.807) is 20.8 Å². The number of nitrogens with one attached hydrogen (secondary N) is 1. The van der Waals surface area contributed by atoms with Crippen LogP contribution in [0.15, 0.2) is 6.07 Å². The number of aromatic nitrogens is 2. The van der Waals surface area contributed by atoms with E-state index in [1.807, 2.05) is 5.32 Å². The second-order valence-electron chi connectivity index (χ2n) is 4.52. The van der Waals surface area contributed by atoms with Crippen LogP contribution in [0.4, 0.5) is 23.9 Å². The molecule has 19 heavy (non-hydrogen) atoms. The van der Waals surface area contributed by atoms with Crippen LogP contribution in [0.5, 0.6) is 0 Å². The van der Waals surface area contributed by atoms with Crippen molar-refractivity contribution in [1.29, 1.82) is 0 Å². The first kappa shape index (κ1) is 15.5. The minimum Gasteiger partial charge on any atom is -0.444 e. The minimum atomic E-state index is -4.68. The molecule has 0 atom stereocenters. The first-order valence-electron chi connectivity index (χ1n) is 5.09. The van der Waals surface area contributed by atoms with Crippen LogP contribution in [0.1, 0.15) is 26.5 Å². The average Bonchev–Trinajstić information content (AvgIpc) is 2.11. The van der Waals surface area contributed by atoms with Gasteiger partial charge in [-0.2, -0.15) is 13.2 Å². The highest BCUT2D eigenvalue weighted by atomic mass is 35.5. The molecule has 0 fully saturated rings. The quantitative estimate of drug-likeness (QED) is 0.806. The normalized spacial score (nSPS) is 12.2. The number of halogens is 4. The molecule has 1 N–H and O–H groups in total. The van der Waals surface area contributed by atoms with Crippen molar-refractivity contribution in [2.45, 2.75) is 32.5 Å². The van der Waals surface area contributed by atoms with Crippen LogP contribution in [0.3, 0.4) is 0 Å². The zero-order valence-corrected chi connectivity index (χ0v) is 11.1. The number of carbonyl (C=O) groups is 1. The molecule has 9 heteroatoms. The van der Waals surface area contributed by atoms with E-state index in [9.17, 15) is 18.0 Å². The molecular weight excluding hydrogens is 287 g/mol. The van der Waals surface area contributed by atoms with E-state index in [4.69, 9.17) is 16.3 Å². The molecule has 5 nitrogen and oxygen atoms in total. The van der Waals surface area contributed by atoms with E-state index < -0.39 is 34.7 Å². The molecule has 0 saturated carbocycles. The van der Waals surface area contributed by atoms with Crippen LogP contribution < -0.4 is 5.32 Å². The lowest BCUT2D eigenvalue weighted by Gasteiger charge is -2.19. The first-order chi connectivity index (χ1) is 8.47. The van der Waals surface area contributed by atoms with Crippen LogP contribution in [0, 0.1) is 0 Å². The Morgan fingerprint density at radius 2 is 1.89 bits per heavy atom. The van der Waals surface area contributed by atoms with Crippen molar-refractivity contribution < 1.29 is 22.7 Å². The Kier molecular flexibility index (Phi) is 4.24. The van der Waals surface area contributed by atoms with Crippen molar-refractivity contribution in [3.8, 4) is 0 Å². The Morgan fingerprint density at radius 3 is 2.37 bits per heavy atom. The zero-order chi connectivity index (χ0) is 14.8. The third-order valence-electron chi connectivity index (χ3n) is 1.60. The number of carbonyl (C=O) groups excluding carboxylic acids is 1. The molecule has 0 aliphatic heterocycles. The van der Waals surface area contributed by atoms with Gasteiger partial charge in [0.25, 0.3) is 0 Å². The summed E-state index contributed by atoms with van der Waals surface area (Å²) in [5, 5.41) is 1.55. The van der Waals surface area contributed by atoms with E-state index in [1.165, 1.54) is 0 Å². The fraction of sp³-hybridized carbons (Fsp3) is 0.500. The average molecular weight is 298 g/mol. The number of alkyl halides is 3. The lowest BCUT2D eigenvalue weighted by molar-refractivity contribution is -0.141. The number of nitrogens with zero attached hydrogens (tertiary/aromatic N) is 2. The lowest BCUT2D eigenvalue weighted by atomic mass is 10.2. The maximum atomic E-state index is 12.5. The third kappa shape index (κ3) is 5.29. The molecule has 106 valence electrons. The number of hydrogen-bond donors (Lipinski definition) is 1. The van der Waals surface area contributed by atoms with Crippen LogP contribution in [-0.4, -0.2) is 21.7 Å². The van der Waals surface area contributed by atoms with Crippen LogP contribution >= 0.6 is 11.6 Å². The van der Waals surface area contributed by atoms with Gasteiger partial charge in [0.1, 0.15) is 10.8 Å². The molecule has 1 heterocycles. The fourth-order valence-corrected chi connectivity index (χ4v) is 1.20. The summed E-state index contributed by atoms with van der Waals surface area (Å²) < 4.78 is 42.2. The van der Waals surface area contributed by atoms with Gasteiger partial charge < -0.3 is 4.74 Å². The minimum absolute atomic E-state index is 0.437. The van der Waals surface area contributed by atoms with Crippen molar-refractivity contribution in [1.82, 2.24) is 9.97 Å². The van der Waals surface area contributed by atoms with E-state index in [0.29, 0.717) is 6.07 Å². The van der Waals surface area contributed by atoms with Crippen LogP contribution in [0.25, 0.3) is 0 Å². The zero-order valence-electron chi connectivity index (χ0n) is 10.3. The van der Waals surface area contributed by atoms with Gasteiger partial charge in [0.15, 0.2) is 5.69 Å². The van der Waals surface area contributed by atoms with Crippen molar-refractivity contribution in [3.05, 3.63) is 16.9 Å². The number of hydrogen-bond acceptors (Lipinski definition) is 4. The second kappa shape index (κ2) is 5.20. The Bertz CT molecular complexity index is 486. The van der Waals surface area contributed by atoms with Crippen molar-refractivity contribution in [2.75, 3.05) is 5.32 Å². The smallest absolute Gasteiger partial charge is 0.433 e. The molecule has 0 aliphatic rings. The van der Waals surface area contributed by atoms with E-state index in [-0.39, 0.29) is 0 Å². The maximum absolute atomic E-state index is 12.5. The van der Waals surface area contributed by atoms with Gasteiger partial charge in [-0.25, -0.2) is 14.8 Å². The second-order valence-corrected chi connectivity index (χ2v) is 4.91. The fourth-order valence-electron chi connectivity index (χ4n) is 1.01. The highest BCUT2D eigenvalue weighted by molar-refractivity contribution is 6.29. The van der Waals surface area contributed by atoms with Gasteiger partial charge in [-0.3, -0.25) is 5.32 Å². The molecule has 1 aromatic rings. The molecule has 1 amide bonds. The Labute approximate surface area is 112 Å². The molecule has 0 radical (unpaired) electrons. The van der Waals surface area contributed by atoms with Gasteiger partial charge in [-0.15, -0.1) is 0 Å². The molecule has 1 rings (SSSR count). The third-order valence-corrected chi connectivity index (χ3v) is 1.79. The summed E-state index contributed by atoms with van der Waals surface area (Å²) in [4.78, 5) is 18.0. The molecule has 0 spiro atoms. The van der Waals surface area contributed by atoms with Crippen molar-refractivity contribution >= 4 is 23.6 Å². The standard InChI is InChI=1S/C10H11ClF3N3O2/c1-9(2,3)19-8(18)17-7-15-5(10(12,13)14)4-6(11)16-7/h4H,1-3H3,(H,15,16,17,18).